The maximum atomic E-state index is 10.6. The van der Waals surface area contributed by atoms with Crippen molar-refractivity contribution in [1.29, 1.82) is 0 Å². The van der Waals surface area contributed by atoms with Gasteiger partial charge in [0.2, 0.25) is 0 Å². The predicted molar refractivity (Wildman–Crippen MR) is 67.1 cm³/mol. The smallest absolute Gasteiger partial charge is 0.273 e. The SMILES string of the molecule is CCOCCCNc1cc(N)cc([N+](=O)[O-])c1. The molecule has 0 radical (unpaired) electrons. The average Bonchev–Trinajstić information content (AvgIpc) is 2.28. The van der Waals surface area contributed by atoms with Crippen LogP contribution >= 0.6 is 0 Å². The molecule has 0 saturated heterocycles. The third kappa shape index (κ3) is 4.69. The molecule has 0 spiro atoms. The van der Waals surface area contributed by atoms with Gasteiger partial charge in [-0.1, -0.05) is 0 Å². The van der Waals surface area contributed by atoms with E-state index >= 15 is 0 Å². The van der Waals surface area contributed by atoms with Crippen molar-refractivity contribution in [2.24, 2.45) is 0 Å². The highest BCUT2D eigenvalue weighted by molar-refractivity contribution is 5.61. The van der Waals surface area contributed by atoms with E-state index in [-0.39, 0.29) is 5.69 Å². The summed E-state index contributed by atoms with van der Waals surface area (Å²) in [6.45, 7) is 4.01. The second kappa shape index (κ2) is 6.70. The summed E-state index contributed by atoms with van der Waals surface area (Å²) in [6, 6.07) is 4.48. The monoisotopic (exact) mass is 239 g/mol. The van der Waals surface area contributed by atoms with Crippen molar-refractivity contribution < 1.29 is 9.66 Å². The van der Waals surface area contributed by atoms with Gasteiger partial charge in [-0.3, -0.25) is 10.1 Å². The number of ether oxygens (including phenoxy) is 1. The van der Waals surface area contributed by atoms with Gasteiger partial charge in [-0.05, 0) is 19.4 Å². The highest BCUT2D eigenvalue weighted by Crippen LogP contribution is 2.22. The average molecular weight is 239 g/mol. The van der Waals surface area contributed by atoms with Gasteiger partial charge in [0.25, 0.3) is 5.69 Å². The van der Waals surface area contributed by atoms with Crippen molar-refractivity contribution in [3.05, 3.63) is 28.3 Å². The first-order chi connectivity index (χ1) is 8.13. The van der Waals surface area contributed by atoms with Crippen LogP contribution in [0.1, 0.15) is 13.3 Å². The van der Waals surface area contributed by atoms with Gasteiger partial charge in [0, 0.05) is 43.3 Å². The molecule has 6 nitrogen and oxygen atoms in total. The van der Waals surface area contributed by atoms with Gasteiger partial charge in [-0.2, -0.15) is 0 Å². The van der Waals surface area contributed by atoms with E-state index in [0.29, 0.717) is 31.1 Å². The second-order valence-corrected chi connectivity index (χ2v) is 3.55. The molecule has 3 N–H and O–H groups in total. The Morgan fingerprint density at radius 3 is 2.88 bits per heavy atom. The number of nitrogens with zero attached hydrogens (tertiary/aromatic N) is 1. The molecule has 0 heterocycles. The van der Waals surface area contributed by atoms with E-state index in [0.717, 1.165) is 6.42 Å². The molecule has 0 amide bonds. The van der Waals surface area contributed by atoms with Crippen LogP contribution in [-0.2, 0) is 4.74 Å². The minimum absolute atomic E-state index is 0.00249. The van der Waals surface area contributed by atoms with Crippen LogP contribution in [0.25, 0.3) is 0 Å². The molecule has 1 aromatic carbocycles. The van der Waals surface area contributed by atoms with E-state index in [1.54, 1.807) is 6.07 Å². The summed E-state index contributed by atoms with van der Waals surface area (Å²) < 4.78 is 5.18. The first-order valence-electron chi connectivity index (χ1n) is 5.50. The number of benzene rings is 1. The van der Waals surface area contributed by atoms with Gasteiger partial charge in [0.1, 0.15) is 0 Å². The summed E-state index contributed by atoms with van der Waals surface area (Å²) in [4.78, 5) is 10.2. The third-order valence-corrected chi connectivity index (χ3v) is 2.15. The van der Waals surface area contributed by atoms with Crippen molar-refractivity contribution in [2.75, 3.05) is 30.8 Å². The van der Waals surface area contributed by atoms with Gasteiger partial charge in [-0.25, -0.2) is 0 Å². The third-order valence-electron chi connectivity index (χ3n) is 2.15. The van der Waals surface area contributed by atoms with Crippen LogP contribution in [-0.4, -0.2) is 24.7 Å². The molecule has 0 bridgehead atoms. The molecule has 0 atom stereocenters. The summed E-state index contributed by atoms with van der Waals surface area (Å²) in [7, 11) is 0. The molecule has 0 saturated carbocycles. The quantitative estimate of drug-likeness (QED) is 0.329. The summed E-state index contributed by atoms with van der Waals surface area (Å²) >= 11 is 0. The van der Waals surface area contributed by atoms with E-state index < -0.39 is 4.92 Å². The zero-order valence-corrected chi connectivity index (χ0v) is 9.81. The van der Waals surface area contributed by atoms with E-state index in [4.69, 9.17) is 10.5 Å². The largest absolute Gasteiger partial charge is 0.398 e. The number of non-ortho nitro benzene ring substituents is 1. The normalized spacial score (nSPS) is 10.2. The lowest BCUT2D eigenvalue weighted by Gasteiger charge is -2.07. The summed E-state index contributed by atoms with van der Waals surface area (Å²) in [5, 5.41) is 13.7. The van der Waals surface area contributed by atoms with E-state index in [2.05, 4.69) is 5.32 Å². The Labute approximate surface area is 99.9 Å². The summed E-state index contributed by atoms with van der Waals surface area (Å²) in [5.74, 6) is 0. The highest BCUT2D eigenvalue weighted by atomic mass is 16.6. The molecule has 0 unspecified atom stereocenters. The first kappa shape index (κ1) is 13.2. The van der Waals surface area contributed by atoms with E-state index in [9.17, 15) is 10.1 Å². The molecule has 0 aliphatic heterocycles. The molecular formula is C11H17N3O3. The van der Waals surface area contributed by atoms with Gasteiger partial charge >= 0.3 is 0 Å². The number of rotatable bonds is 7. The van der Waals surface area contributed by atoms with E-state index in [1.165, 1.54) is 12.1 Å². The van der Waals surface area contributed by atoms with Crippen LogP contribution in [0.15, 0.2) is 18.2 Å². The fourth-order valence-corrected chi connectivity index (χ4v) is 1.39. The number of hydrogen-bond donors (Lipinski definition) is 2. The Kier molecular flexibility index (Phi) is 5.22. The van der Waals surface area contributed by atoms with Gasteiger partial charge < -0.3 is 15.8 Å². The standard InChI is InChI=1S/C11H17N3O3/c1-2-17-5-3-4-13-10-6-9(12)7-11(8-10)14(15)16/h6-8,13H,2-5,12H2,1H3. The molecule has 0 aromatic heterocycles. The lowest BCUT2D eigenvalue weighted by Crippen LogP contribution is -2.06. The van der Waals surface area contributed by atoms with Crippen LogP contribution < -0.4 is 11.1 Å². The number of nitrogens with two attached hydrogens (primary N) is 1. The maximum Gasteiger partial charge on any atom is 0.273 e. The molecule has 1 rings (SSSR count). The number of nitro groups is 1. The molecule has 0 aliphatic carbocycles. The van der Waals surface area contributed by atoms with Gasteiger partial charge in [-0.15, -0.1) is 0 Å². The fraction of sp³-hybridized carbons (Fsp3) is 0.455. The van der Waals surface area contributed by atoms with Crippen molar-refractivity contribution in [1.82, 2.24) is 0 Å². The Bertz CT molecular complexity index is 382. The molecule has 0 aliphatic rings. The van der Waals surface area contributed by atoms with Crippen molar-refractivity contribution in [2.45, 2.75) is 13.3 Å². The van der Waals surface area contributed by atoms with Gasteiger partial charge in [0.15, 0.2) is 0 Å². The molecule has 17 heavy (non-hydrogen) atoms. The zero-order valence-electron chi connectivity index (χ0n) is 9.81. The molecular weight excluding hydrogens is 222 g/mol. The van der Waals surface area contributed by atoms with Crippen LogP contribution in [0.4, 0.5) is 17.1 Å². The Morgan fingerprint density at radius 1 is 1.47 bits per heavy atom. The number of nitrogen functional groups attached to an aromatic ring is 1. The minimum atomic E-state index is -0.457. The summed E-state index contributed by atoms with van der Waals surface area (Å²) in [6.07, 6.45) is 0.844. The van der Waals surface area contributed by atoms with Gasteiger partial charge in [0.05, 0.1) is 4.92 Å². The van der Waals surface area contributed by atoms with Crippen molar-refractivity contribution >= 4 is 17.1 Å². The number of hydrogen-bond acceptors (Lipinski definition) is 5. The predicted octanol–water partition coefficient (Wildman–Crippen LogP) is 2.02. The topological polar surface area (TPSA) is 90.4 Å². The Balaban J connectivity index is 2.50. The maximum absolute atomic E-state index is 10.6. The first-order valence-corrected chi connectivity index (χ1v) is 5.50. The van der Waals surface area contributed by atoms with Crippen LogP contribution in [0.5, 0.6) is 0 Å². The van der Waals surface area contributed by atoms with Crippen LogP contribution in [0.3, 0.4) is 0 Å². The lowest BCUT2D eigenvalue weighted by atomic mass is 10.2. The molecule has 1 aromatic rings. The van der Waals surface area contributed by atoms with Crippen molar-refractivity contribution in [3.8, 4) is 0 Å². The lowest BCUT2D eigenvalue weighted by molar-refractivity contribution is -0.384. The fourth-order valence-electron chi connectivity index (χ4n) is 1.39. The Morgan fingerprint density at radius 2 is 2.24 bits per heavy atom. The number of anilines is 2. The highest BCUT2D eigenvalue weighted by Gasteiger charge is 2.07. The molecule has 0 fully saturated rings. The van der Waals surface area contributed by atoms with E-state index in [1.807, 2.05) is 6.92 Å². The van der Waals surface area contributed by atoms with Crippen molar-refractivity contribution in [3.63, 3.8) is 0 Å². The summed E-state index contributed by atoms with van der Waals surface area (Å²) in [5.41, 5.74) is 6.62. The van der Waals surface area contributed by atoms with Crippen LogP contribution in [0, 0.1) is 10.1 Å². The minimum Gasteiger partial charge on any atom is -0.398 e. The number of nitrogens with one attached hydrogen (secondary N) is 1. The zero-order chi connectivity index (χ0) is 12.7. The molecule has 94 valence electrons. The second-order valence-electron chi connectivity index (χ2n) is 3.55. The molecule has 6 heteroatoms. The van der Waals surface area contributed by atoms with Crippen LogP contribution in [0.2, 0.25) is 0 Å². The Hall–Kier alpha value is -1.82. The number of nitro benzene ring substituents is 1.